The highest BCUT2D eigenvalue weighted by molar-refractivity contribution is 7.89. The van der Waals surface area contributed by atoms with E-state index < -0.39 is 10.0 Å². The standard InChI is InChI=1S/C26H29N3O3S/c1-19-8-7-11-25(21(19)3)28-14-16-29(17-15-28)33(31,32)23-12-13-24(20(2)18-23)27-26(30)22-9-5-4-6-10-22/h4-13,18H,14-17H2,1-3H3,(H,27,30). The van der Waals surface area contributed by atoms with Crippen LogP contribution in [0.3, 0.4) is 0 Å². The number of anilines is 2. The summed E-state index contributed by atoms with van der Waals surface area (Å²) in [4.78, 5) is 14.9. The Kier molecular flexibility index (Phi) is 6.54. The largest absolute Gasteiger partial charge is 0.369 e. The molecule has 4 rings (SSSR count). The van der Waals surface area contributed by atoms with Gasteiger partial charge in [-0.3, -0.25) is 4.79 Å². The minimum absolute atomic E-state index is 0.225. The van der Waals surface area contributed by atoms with Crippen molar-refractivity contribution in [3.05, 3.63) is 89.0 Å². The second-order valence-electron chi connectivity index (χ2n) is 8.41. The normalized spacial score (nSPS) is 14.8. The Labute approximate surface area is 195 Å². The van der Waals surface area contributed by atoms with Crippen LogP contribution in [0.25, 0.3) is 0 Å². The smallest absolute Gasteiger partial charge is 0.255 e. The van der Waals surface area contributed by atoms with Crippen molar-refractivity contribution < 1.29 is 13.2 Å². The van der Waals surface area contributed by atoms with Gasteiger partial charge in [0.05, 0.1) is 4.90 Å². The molecule has 1 fully saturated rings. The molecule has 1 N–H and O–H groups in total. The Bertz CT molecular complexity index is 1270. The van der Waals surface area contributed by atoms with Crippen molar-refractivity contribution in [1.82, 2.24) is 4.31 Å². The molecule has 1 aliphatic heterocycles. The van der Waals surface area contributed by atoms with E-state index in [2.05, 4.69) is 36.2 Å². The third-order valence-corrected chi connectivity index (χ3v) is 8.17. The molecule has 1 heterocycles. The number of amides is 1. The van der Waals surface area contributed by atoms with Crippen LogP contribution in [-0.2, 0) is 10.0 Å². The fourth-order valence-electron chi connectivity index (χ4n) is 4.12. The summed E-state index contributed by atoms with van der Waals surface area (Å²) in [7, 11) is -3.61. The number of aryl methyl sites for hydroxylation is 2. The van der Waals surface area contributed by atoms with E-state index in [1.807, 2.05) is 12.1 Å². The molecule has 7 heteroatoms. The number of nitrogens with one attached hydrogen (secondary N) is 1. The Hall–Kier alpha value is -3.16. The van der Waals surface area contributed by atoms with E-state index in [4.69, 9.17) is 0 Å². The van der Waals surface area contributed by atoms with Gasteiger partial charge in [-0.15, -0.1) is 0 Å². The zero-order valence-electron chi connectivity index (χ0n) is 19.2. The molecule has 33 heavy (non-hydrogen) atoms. The van der Waals surface area contributed by atoms with Crippen molar-refractivity contribution in [2.24, 2.45) is 0 Å². The average molecular weight is 464 g/mol. The average Bonchev–Trinajstić information content (AvgIpc) is 2.82. The Balaban J connectivity index is 1.46. The monoisotopic (exact) mass is 463 g/mol. The molecule has 0 aromatic heterocycles. The number of hydrogen-bond acceptors (Lipinski definition) is 4. The van der Waals surface area contributed by atoms with E-state index in [1.165, 1.54) is 16.8 Å². The molecule has 0 bridgehead atoms. The van der Waals surface area contributed by atoms with Gasteiger partial charge < -0.3 is 10.2 Å². The molecule has 0 aliphatic carbocycles. The zero-order chi connectivity index (χ0) is 23.6. The first kappa shape index (κ1) is 23.0. The molecule has 0 radical (unpaired) electrons. The highest BCUT2D eigenvalue weighted by Crippen LogP contribution is 2.27. The summed E-state index contributed by atoms with van der Waals surface area (Å²) < 4.78 is 28.1. The SMILES string of the molecule is Cc1cc(S(=O)(=O)N2CCN(c3cccc(C)c3C)CC2)ccc1NC(=O)c1ccccc1. The number of nitrogens with zero attached hydrogens (tertiary/aromatic N) is 2. The quantitative estimate of drug-likeness (QED) is 0.610. The summed E-state index contributed by atoms with van der Waals surface area (Å²) in [5.41, 5.74) is 5.49. The lowest BCUT2D eigenvalue weighted by atomic mass is 10.1. The van der Waals surface area contributed by atoms with E-state index in [-0.39, 0.29) is 10.8 Å². The lowest BCUT2D eigenvalue weighted by Crippen LogP contribution is -2.48. The number of carbonyl (C=O) groups is 1. The van der Waals surface area contributed by atoms with Crippen molar-refractivity contribution in [2.75, 3.05) is 36.4 Å². The first-order valence-corrected chi connectivity index (χ1v) is 12.5. The second kappa shape index (κ2) is 9.37. The van der Waals surface area contributed by atoms with Crippen LogP contribution in [0.4, 0.5) is 11.4 Å². The van der Waals surface area contributed by atoms with Crippen LogP contribution >= 0.6 is 0 Å². The van der Waals surface area contributed by atoms with Gasteiger partial charge in [-0.25, -0.2) is 8.42 Å². The predicted octanol–water partition coefficient (Wildman–Crippen LogP) is 4.38. The second-order valence-corrected chi connectivity index (χ2v) is 10.3. The van der Waals surface area contributed by atoms with Crippen LogP contribution in [0.1, 0.15) is 27.0 Å². The first-order chi connectivity index (χ1) is 15.8. The van der Waals surface area contributed by atoms with Gasteiger partial charge in [0.2, 0.25) is 10.0 Å². The fraction of sp³-hybridized carbons (Fsp3) is 0.269. The number of carbonyl (C=O) groups excluding carboxylic acids is 1. The summed E-state index contributed by atoms with van der Waals surface area (Å²) in [6, 6.07) is 20.0. The number of sulfonamides is 1. The molecule has 1 aliphatic rings. The predicted molar refractivity (Wildman–Crippen MR) is 132 cm³/mol. The molecule has 3 aromatic carbocycles. The van der Waals surface area contributed by atoms with E-state index in [0.717, 1.165) is 0 Å². The van der Waals surface area contributed by atoms with Crippen LogP contribution in [0.5, 0.6) is 0 Å². The topological polar surface area (TPSA) is 69.7 Å². The molecular formula is C26H29N3O3S. The van der Waals surface area contributed by atoms with Crippen molar-refractivity contribution in [2.45, 2.75) is 25.7 Å². The lowest BCUT2D eigenvalue weighted by Gasteiger charge is -2.36. The van der Waals surface area contributed by atoms with Crippen molar-refractivity contribution in [3.63, 3.8) is 0 Å². The summed E-state index contributed by atoms with van der Waals surface area (Å²) >= 11 is 0. The zero-order valence-corrected chi connectivity index (χ0v) is 20.0. The molecule has 1 amide bonds. The molecule has 1 saturated heterocycles. The minimum atomic E-state index is -3.61. The third-order valence-electron chi connectivity index (χ3n) is 6.28. The van der Waals surface area contributed by atoms with E-state index >= 15 is 0 Å². The third kappa shape index (κ3) is 4.79. The molecule has 0 atom stereocenters. The number of hydrogen-bond donors (Lipinski definition) is 1. The number of rotatable bonds is 5. The Morgan fingerprint density at radius 2 is 1.52 bits per heavy atom. The molecule has 6 nitrogen and oxygen atoms in total. The van der Waals surface area contributed by atoms with Crippen LogP contribution in [0, 0.1) is 20.8 Å². The van der Waals surface area contributed by atoms with Gasteiger partial charge in [-0.2, -0.15) is 4.31 Å². The van der Waals surface area contributed by atoms with Crippen LogP contribution in [-0.4, -0.2) is 44.8 Å². The summed E-state index contributed by atoms with van der Waals surface area (Å²) in [5, 5.41) is 2.86. The van der Waals surface area contributed by atoms with Crippen LogP contribution in [0.15, 0.2) is 71.6 Å². The lowest BCUT2D eigenvalue weighted by molar-refractivity contribution is 0.102. The molecule has 172 valence electrons. The van der Waals surface area contributed by atoms with Gasteiger partial charge in [0.25, 0.3) is 5.91 Å². The molecular weight excluding hydrogens is 434 g/mol. The maximum atomic E-state index is 13.3. The van der Waals surface area contributed by atoms with E-state index in [0.29, 0.717) is 43.0 Å². The minimum Gasteiger partial charge on any atom is -0.369 e. The molecule has 0 unspecified atom stereocenters. The highest BCUT2D eigenvalue weighted by atomic mass is 32.2. The number of benzene rings is 3. The van der Waals surface area contributed by atoms with Gasteiger partial charge in [0.15, 0.2) is 0 Å². The maximum absolute atomic E-state index is 13.3. The first-order valence-electron chi connectivity index (χ1n) is 11.1. The van der Waals surface area contributed by atoms with Gasteiger partial charge in [0.1, 0.15) is 0 Å². The van der Waals surface area contributed by atoms with E-state index in [9.17, 15) is 13.2 Å². The fourth-order valence-corrected chi connectivity index (χ4v) is 5.63. The van der Waals surface area contributed by atoms with Crippen LogP contribution in [0.2, 0.25) is 0 Å². The summed E-state index contributed by atoms with van der Waals surface area (Å²) in [5.74, 6) is -0.225. The highest BCUT2D eigenvalue weighted by Gasteiger charge is 2.29. The van der Waals surface area contributed by atoms with Crippen molar-refractivity contribution >= 4 is 27.3 Å². The summed E-state index contributed by atoms with van der Waals surface area (Å²) in [6.07, 6.45) is 0. The van der Waals surface area contributed by atoms with Gasteiger partial charge in [-0.1, -0.05) is 30.3 Å². The van der Waals surface area contributed by atoms with Crippen molar-refractivity contribution in [1.29, 1.82) is 0 Å². The number of piperazine rings is 1. The molecule has 0 spiro atoms. The van der Waals surface area contributed by atoms with E-state index in [1.54, 1.807) is 53.7 Å². The van der Waals surface area contributed by atoms with Crippen molar-refractivity contribution in [3.8, 4) is 0 Å². The Morgan fingerprint density at radius 1 is 0.818 bits per heavy atom. The Morgan fingerprint density at radius 3 is 2.18 bits per heavy atom. The van der Waals surface area contributed by atoms with Gasteiger partial charge in [0, 0.05) is 43.1 Å². The molecule has 3 aromatic rings. The van der Waals surface area contributed by atoms with Crippen LogP contribution < -0.4 is 10.2 Å². The maximum Gasteiger partial charge on any atom is 0.255 e. The molecule has 0 saturated carbocycles. The summed E-state index contributed by atoms with van der Waals surface area (Å²) in [6.45, 7) is 8.16. The van der Waals surface area contributed by atoms with Gasteiger partial charge >= 0.3 is 0 Å². The van der Waals surface area contributed by atoms with Gasteiger partial charge in [-0.05, 0) is 73.9 Å².